The normalized spacial score (nSPS) is 10.8. The maximum Gasteiger partial charge on any atom is 0.267 e. The van der Waals surface area contributed by atoms with Gasteiger partial charge in [0.15, 0.2) is 0 Å². The van der Waals surface area contributed by atoms with E-state index in [1.165, 1.54) is 11.3 Å². The number of aromatic nitrogens is 1. The Labute approximate surface area is 130 Å². The molecule has 0 fully saturated rings. The Morgan fingerprint density at radius 1 is 1.38 bits per heavy atom. The van der Waals surface area contributed by atoms with Gasteiger partial charge in [-0.05, 0) is 30.7 Å². The molecule has 0 bridgehead atoms. The molecule has 3 aromatic rings. The van der Waals surface area contributed by atoms with Crippen molar-refractivity contribution in [3.05, 3.63) is 52.1 Å². The number of hydrogen-bond acceptors (Lipinski definition) is 4. The number of nitrogens with one attached hydrogen (secondary N) is 1. The highest BCUT2D eigenvalue weighted by atomic mass is 35.5. The summed E-state index contributed by atoms with van der Waals surface area (Å²) in [5, 5.41) is 4.28. The van der Waals surface area contributed by atoms with E-state index in [0.717, 1.165) is 15.6 Å². The van der Waals surface area contributed by atoms with Crippen LogP contribution in [0.1, 0.15) is 15.2 Å². The van der Waals surface area contributed by atoms with E-state index in [4.69, 9.17) is 17.3 Å². The molecule has 3 N–H and O–H groups in total. The number of rotatable bonds is 2. The lowest BCUT2D eigenvalue weighted by atomic mass is 10.2. The van der Waals surface area contributed by atoms with Crippen molar-refractivity contribution in [1.29, 1.82) is 0 Å². The zero-order valence-electron chi connectivity index (χ0n) is 11.2. The van der Waals surface area contributed by atoms with E-state index in [1.807, 2.05) is 19.1 Å². The molecule has 0 aliphatic heterocycles. The van der Waals surface area contributed by atoms with Crippen LogP contribution in [0.25, 0.3) is 10.1 Å². The van der Waals surface area contributed by atoms with Crippen LogP contribution in [0.5, 0.6) is 0 Å². The maximum atomic E-state index is 12.4. The van der Waals surface area contributed by atoms with E-state index in [2.05, 4.69) is 10.3 Å². The standard InChI is InChI=1S/C15H12ClN3OS/c1-8-2-3-9(6-11(8)16)19-15(20)14-13(17)10-4-5-18-7-12(10)21-14/h2-7H,17H2,1H3,(H,19,20). The maximum absolute atomic E-state index is 12.4. The Morgan fingerprint density at radius 3 is 2.90 bits per heavy atom. The lowest BCUT2D eigenvalue weighted by Crippen LogP contribution is -2.11. The van der Waals surface area contributed by atoms with Crippen LogP contribution in [0.3, 0.4) is 0 Å². The quantitative estimate of drug-likeness (QED) is 0.748. The smallest absolute Gasteiger partial charge is 0.267 e. The summed E-state index contributed by atoms with van der Waals surface area (Å²) in [4.78, 5) is 16.9. The molecular weight excluding hydrogens is 306 g/mol. The molecule has 1 amide bonds. The third-order valence-corrected chi connectivity index (χ3v) is 4.73. The number of nitrogen functional groups attached to an aromatic ring is 1. The first-order chi connectivity index (χ1) is 10.1. The highest BCUT2D eigenvalue weighted by Gasteiger charge is 2.16. The third-order valence-electron chi connectivity index (χ3n) is 3.17. The number of carbonyl (C=O) groups excluding carboxylic acids is 1. The van der Waals surface area contributed by atoms with Crippen molar-refractivity contribution in [3.8, 4) is 0 Å². The predicted octanol–water partition coefficient (Wildman–Crippen LogP) is 4.09. The number of halogens is 1. The molecule has 0 radical (unpaired) electrons. The molecule has 0 spiro atoms. The number of nitrogens with zero attached hydrogens (tertiary/aromatic N) is 1. The minimum Gasteiger partial charge on any atom is -0.397 e. The Kier molecular flexibility index (Phi) is 3.53. The number of benzene rings is 1. The summed E-state index contributed by atoms with van der Waals surface area (Å²) in [6, 6.07) is 7.20. The van der Waals surface area contributed by atoms with Gasteiger partial charge in [0.1, 0.15) is 4.88 Å². The van der Waals surface area contributed by atoms with Crippen molar-refractivity contribution in [2.75, 3.05) is 11.1 Å². The SMILES string of the molecule is Cc1ccc(NC(=O)c2sc3cnccc3c2N)cc1Cl. The number of amides is 1. The average molecular weight is 318 g/mol. The van der Waals surface area contributed by atoms with E-state index >= 15 is 0 Å². The van der Waals surface area contributed by atoms with Crippen LogP contribution in [-0.4, -0.2) is 10.9 Å². The van der Waals surface area contributed by atoms with Crippen LogP contribution < -0.4 is 11.1 Å². The Balaban J connectivity index is 1.93. The van der Waals surface area contributed by atoms with E-state index in [-0.39, 0.29) is 5.91 Å². The molecule has 4 nitrogen and oxygen atoms in total. The van der Waals surface area contributed by atoms with Gasteiger partial charge >= 0.3 is 0 Å². The van der Waals surface area contributed by atoms with E-state index in [0.29, 0.717) is 21.3 Å². The molecule has 0 saturated carbocycles. The van der Waals surface area contributed by atoms with Crippen molar-refractivity contribution in [2.24, 2.45) is 0 Å². The fraction of sp³-hybridized carbons (Fsp3) is 0.0667. The first-order valence-electron chi connectivity index (χ1n) is 6.26. The van der Waals surface area contributed by atoms with Gasteiger partial charge in [0.05, 0.1) is 10.4 Å². The summed E-state index contributed by atoms with van der Waals surface area (Å²) in [6.45, 7) is 1.91. The zero-order chi connectivity index (χ0) is 15.0. The minimum absolute atomic E-state index is 0.242. The molecule has 1 aromatic carbocycles. The molecular formula is C15H12ClN3OS. The summed E-state index contributed by atoms with van der Waals surface area (Å²) in [6.07, 6.45) is 3.36. The average Bonchev–Trinajstić information content (AvgIpc) is 2.81. The molecule has 0 unspecified atom stereocenters. The van der Waals surface area contributed by atoms with Gasteiger partial charge in [0.25, 0.3) is 5.91 Å². The van der Waals surface area contributed by atoms with Gasteiger partial charge in [-0.25, -0.2) is 0 Å². The number of aryl methyl sites for hydroxylation is 1. The van der Waals surface area contributed by atoms with E-state index in [9.17, 15) is 4.79 Å². The van der Waals surface area contributed by atoms with Crippen LogP contribution in [0.4, 0.5) is 11.4 Å². The van der Waals surface area contributed by atoms with Crippen LogP contribution >= 0.6 is 22.9 Å². The first kappa shape index (κ1) is 13.9. The fourth-order valence-electron chi connectivity index (χ4n) is 2.00. The predicted molar refractivity (Wildman–Crippen MR) is 88.2 cm³/mol. The highest BCUT2D eigenvalue weighted by Crippen LogP contribution is 2.33. The second-order valence-corrected chi connectivity index (χ2v) is 6.09. The number of hydrogen-bond donors (Lipinski definition) is 2. The molecule has 0 atom stereocenters. The fourth-order valence-corrected chi connectivity index (χ4v) is 3.16. The third kappa shape index (κ3) is 2.57. The molecule has 21 heavy (non-hydrogen) atoms. The zero-order valence-corrected chi connectivity index (χ0v) is 12.8. The van der Waals surface area contributed by atoms with Crippen LogP contribution in [0, 0.1) is 6.92 Å². The van der Waals surface area contributed by atoms with Gasteiger partial charge in [-0.3, -0.25) is 9.78 Å². The van der Waals surface area contributed by atoms with Gasteiger partial charge in [-0.1, -0.05) is 17.7 Å². The number of fused-ring (bicyclic) bond motifs is 1. The molecule has 106 valence electrons. The molecule has 0 aliphatic carbocycles. The monoisotopic (exact) mass is 317 g/mol. The first-order valence-corrected chi connectivity index (χ1v) is 7.45. The lowest BCUT2D eigenvalue weighted by Gasteiger charge is -2.06. The van der Waals surface area contributed by atoms with Crippen LogP contribution in [-0.2, 0) is 0 Å². The summed E-state index contributed by atoms with van der Waals surface area (Å²) < 4.78 is 0.891. The summed E-state index contributed by atoms with van der Waals surface area (Å²) in [5.74, 6) is -0.242. The van der Waals surface area contributed by atoms with Gasteiger partial charge in [0.2, 0.25) is 0 Å². The molecule has 0 aliphatic rings. The topological polar surface area (TPSA) is 68.0 Å². The van der Waals surface area contributed by atoms with Crippen molar-refractivity contribution in [1.82, 2.24) is 4.98 Å². The Hall–Kier alpha value is -2.11. The molecule has 3 rings (SSSR count). The van der Waals surface area contributed by atoms with Crippen molar-refractivity contribution in [3.63, 3.8) is 0 Å². The van der Waals surface area contributed by atoms with Crippen molar-refractivity contribution < 1.29 is 4.79 Å². The second kappa shape index (κ2) is 5.35. The molecule has 6 heteroatoms. The number of pyridine rings is 1. The molecule has 2 heterocycles. The summed E-state index contributed by atoms with van der Waals surface area (Å²) >= 11 is 7.38. The Morgan fingerprint density at radius 2 is 2.19 bits per heavy atom. The minimum atomic E-state index is -0.242. The van der Waals surface area contributed by atoms with Gasteiger partial charge < -0.3 is 11.1 Å². The van der Waals surface area contributed by atoms with Gasteiger partial charge in [-0.15, -0.1) is 11.3 Å². The van der Waals surface area contributed by atoms with Crippen molar-refractivity contribution >= 4 is 50.3 Å². The summed E-state index contributed by atoms with van der Waals surface area (Å²) in [7, 11) is 0. The summed E-state index contributed by atoms with van der Waals surface area (Å²) in [5.41, 5.74) is 8.13. The van der Waals surface area contributed by atoms with E-state index < -0.39 is 0 Å². The van der Waals surface area contributed by atoms with Crippen LogP contribution in [0.15, 0.2) is 36.7 Å². The largest absolute Gasteiger partial charge is 0.397 e. The number of thiophene rings is 1. The van der Waals surface area contributed by atoms with Crippen LogP contribution in [0.2, 0.25) is 5.02 Å². The number of anilines is 2. The number of carbonyl (C=O) groups is 1. The Bertz CT molecular complexity index is 844. The molecule has 2 aromatic heterocycles. The molecule has 0 saturated heterocycles. The lowest BCUT2D eigenvalue weighted by molar-refractivity contribution is 0.103. The number of nitrogens with two attached hydrogens (primary N) is 1. The second-order valence-electron chi connectivity index (χ2n) is 4.63. The highest BCUT2D eigenvalue weighted by molar-refractivity contribution is 7.21. The van der Waals surface area contributed by atoms with Crippen molar-refractivity contribution in [2.45, 2.75) is 6.92 Å². The van der Waals surface area contributed by atoms with Gasteiger partial charge in [-0.2, -0.15) is 0 Å². The van der Waals surface area contributed by atoms with Gasteiger partial charge in [0, 0.05) is 28.5 Å². The van der Waals surface area contributed by atoms with E-state index in [1.54, 1.807) is 24.5 Å².